The van der Waals surface area contributed by atoms with Crippen LogP contribution in [-0.4, -0.2) is 34.5 Å². The van der Waals surface area contributed by atoms with Crippen LogP contribution >= 0.6 is 0 Å². The van der Waals surface area contributed by atoms with Gasteiger partial charge in [-0.15, -0.1) is 13.2 Å². The lowest BCUT2D eigenvalue weighted by Gasteiger charge is -2.14. The van der Waals surface area contributed by atoms with Crippen LogP contribution in [0.2, 0.25) is 0 Å². The zero-order valence-corrected chi connectivity index (χ0v) is 12.6. The first-order valence-corrected chi connectivity index (χ1v) is 6.54. The molecule has 2 aromatic heterocycles. The number of aromatic nitrogens is 3. The van der Waals surface area contributed by atoms with E-state index in [0.29, 0.717) is 18.6 Å². The van der Waals surface area contributed by atoms with Gasteiger partial charge in [0.25, 0.3) is 0 Å². The molecule has 0 aliphatic rings. The van der Waals surface area contributed by atoms with E-state index in [2.05, 4.69) is 29.7 Å². The second-order valence-electron chi connectivity index (χ2n) is 4.50. The number of pyridine rings is 1. The van der Waals surface area contributed by atoms with Crippen LogP contribution in [0.4, 0.5) is 31.1 Å². The smallest absolute Gasteiger partial charge is 0.403 e. The van der Waals surface area contributed by atoms with Gasteiger partial charge in [0, 0.05) is 36.6 Å². The first-order chi connectivity index (χ1) is 12.0. The van der Waals surface area contributed by atoms with Crippen molar-refractivity contribution in [1.29, 1.82) is 0 Å². The highest BCUT2D eigenvalue weighted by molar-refractivity contribution is 5.73. The van der Waals surface area contributed by atoms with Gasteiger partial charge in [0.1, 0.15) is 0 Å². The highest BCUT2D eigenvalue weighted by Gasteiger charge is 2.35. The molecular weight excluding hydrogens is 374 g/mol. The number of alkyl halides is 6. The summed E-state index contributed by atoms with van der Waals surface area (Å²) in [5.74, 6) is -2.74. The van der Waals surface area contributed by atoms with Gasteiger partial charge in [-0.3, -0.25) is 0 Å². The molecule has 0 saturated heterocycles. The Labute approximate surface area is 141 Å². The first kappa shape index (κ1) is 19.2. The van der Waals surface area contributed by atoms with Gasteiger partial charge in [0.2, 0.25) is 11.7 Å². The number of carbonyl (C=O) groups is 1. The summed E-state index contributed by atoms with van der Waals surface area (Å²) in [4.78, 5) is 20.7. The number of amides is 1. The van der Waals surface area contributed by atoms with Gasteiger partial charge in [-0.1, -0.05) is 0 Å². The molecule has 0 saturated carbocycles. The second kappa shape index (κ2) is 7.01. The van der Waals surface area contributed by atoms with Crippen molar-refractivity contribution in [3.63, 3.8) is 0 Å². The Hall–Kier alpha value is -3.12. The normalized spacial score (nSPS) is 11.8. The lowest BCUT2D eigenvalue weighted by atomic mass is 10.1. The van der Waals surface area contributed by atoms with Crippen LogP contribution in [-0.2, 0) is 6.18 Å². The lowest BCUT2D eigenvalue weighted by Crippen LogP contribution is -2.22. The van der Waals surface area contributed by atoms with Crippen LogP contribution in [0.15, 0.2) is 24.7 Å². The highest BCUT2D eigenvalue weighted by Crippen LogP contribution is 2.35. The predicted octanol–water partition coefficient (Wildman–Crippen LogP) is 3.17. The molecule has 0 spiro atoms. The summed E-state index contributed by atoms with van der Waals surface area (Å²) in [7, 11) is 1.23. The summed E-state index contributed by atoms with van der Waals surface area (Å²) in [6, 6.07) is 0.863. The van der Waals surface area contributed by atoms with E-state index in [0.717, 1.165) is 6.07 Å². The van der Waals surface area contributed by atoms with Gasteiger partial charge >= 0.3 is 18.6 Å². The molecule has 7 nitrogen and oxygen atoms in total. The Kier molecular flexibility index (Phi) is 5.18. The third-order valence-corrected chi connectivity index (χ3v) is 2.69. The number of nitrogens with one attached hydrogen (secondary N) is 1. The van der Waals surface area contributed by atoms with Crippen LogP contribution in [0.5, 0.6) is 11.6 Å². The molecule has 13 heteroatoms. The van der Waals surface area contributed by atoms with Gasteiger partial charge < -0.3 is 14.8 Å². The Morgan fingerprint density at radius 2 is 1.65 bits per heavy atom. The van der Waals surface area contributed by atoms with Crippen molar-refractivity contribution < 1.29 is 40.6 Å². The van der Waals surface area contributed by atoms with Gasteiger partial charge in [-0.2, -0.15) is 13.2 Å². The molecular formula is C13H8F6N4O3. The van der Waals surface area contributed by atoms with E-state index in [1.165, 1.54) is 7.05 Å². The summed E-state index contributed by atoms with van der Waals surface area (Å²) >= 11 is 0. The number of hydrogen-bond acceptors (Lipinski definition) is 6. The Balaban J connectivity index is 2.47. The fourth-order valence-electron chi connectivity index (χ4n) is 1.67. The van der Waals surface area contributed by atoms with Crippen molar-refractivity contribution in [3.05, 3.63) is 30.5 Å². The Morgan fingerprint density at radius 1 is 1.04 bits per heavy atom. The molecule has 0 atom stereocenters. The van der Waals surface area contributed by atoms with Gasteiger partial charge in [0.05, 0.1) is 6.20 Å². The molecule has 1 N–H and O–H groups in total. The maximum Gasteiger partial charge on any atom is 0.573 e. The molecule has 0 unspecified atom stereocenters. The molecule has 1 amide bonds. The molecule has 140 valence electrons. The predicted molar refractivity (Wildman–Crippen MR) is 72.0 cm³/mol. The van der Waals surface area contributed by atoms with Crippen molar-refractivity contribution in [2.75, 3.05) is 7.05 Å². The quantitative estimate of drug-likeness (QED) is 0.821. The SMILES string of the molecule is CNC(=O)Oc1cc(-c2cnc(C(F)(F)F)nc2)c(OC(F)(F)F)cn1. The highest BCUT2D eigenvalue weighted by atomic mass is 19.4. The minimum Gasteiger partial charge on any atom is -0.403 e. The van der Waals surface area contributed by atoms with Crippen LogP contribution in [0, 0.1) is 0 Å². The molecule has 2 heterocycles. The maximum absolute atomic E-state index is 12.5. The Bertz CT molecular complexity index is 792. The van der Waals surface area contributed by atoms with Crippen LogP contribution in [0.3, 0.4) is 0 Å². The molecule has 2 rings (SSSR count). The number of hydrogen-bond donors (Lipinski definition) is 1. The van der Waals surface area contributed by atoms with E-state index in [1.54, 1.807) is 0 Å². The minimum atomic E-state index is -5.09. The van der Waals surface area contributed by atoms with Crippen molar-refractivity contribution >= 4 is 6.09 Å². The first-order valence-electron chi connectivity index (χ1n) is 6.54. The van der Waals surface area contributed by atoms with Crippen LogP contribution < -0.4 is 14.8 Å². The summed E-state index contributed by atoms with van der Waals surface area (Å²) < 4.78 is 83.4. The van der Waals surface area contributed by atoms with E-state index in [4.69, 9.17) is 0 Å². The summed E-state index contributed by atoms with van der Waals surface area (Å²) in [5.41, 5.74) is -0.633. The standard InChI is InChI=1S/C13H8F6N4O3/c1-20-11(24)25-9-2-7(8(5-21-9)26-13(17,18)19)6-3-22-10(23-4-6)12(14,15)16/h2-5H,1H3,(H,20,24). The molecule has 26 heavy (non-hydrogen) atoms. The average Bonchev–Trinajstić information content (AvgIpc) is 2.54. The van der Waals surface area contributed by atoms with E-state index in [-0.39, 0.29) is 11.1 Å². The average molecular weight is 382 g/mol. The van der Waals surface area contributed by atoms with Crippen molar-refractivity contribution in [3.8, 4) is 22.8 Å². The van der Waals surface area contributed by atoms with Crippen molar-refractivity contribution in [1.82, 2.24) is 20.3 Å². The van der Waals surface area contributed by atoms with Gasteiger partial charge in [0.15, 0.2) is 5.75 Å². The molecule has 0 radical (unpaired) electrons. The number of rotatable bonds is 3. The van der Waals surface area contributed by atoms with E-state index in [1.807, 2.05) is 0 Å². The van der Waals surface area contributed by atoms with E-state index < -0.39 is 36.1 Å². The molecule has 0 aromatic carbocycles. The fourth-order valence-corrected chi connectivity index (χ4v) is 1.67. The molecule has 0 fully saturated rings. The van der Waals surface area contributed by atoms with Crippen LogP contribution in [0.25, 0.3) is 11.1 Å². The second-order valence-corrected chi connectivity index (χ2v) is 4.50. The third kappa shape index (κ3) is 4.94. The number of nitrogens with zero attached hydrogens (tertiary/aromatic N) is 3. The lowest BCUT2D eigenvalue weighted by molar-refractivity contribution is -0.274. The summed E-state index contributed by atoms with van der Waals surface area (Å²) in [6.45, 7) is 0. The molecule has 0 aliphatic carbocycles. The van der Waals surface area contributed by atoms with Crippen molar-refractivity contribution in [2.24, 2.45) is 0 Å². The van der Waals surface area contributed by atoms with Gasteiger partial charge in [-0.25, -0.2) is 19.7 Å². The summed E-state index contributed by atoms with van der Waals surface area (Å²) in [6.07, 6.45) is -8.98. The number of carbonyl (C=O) groups excluding carboxylic acids is 1. The Morgan fingerprint density at radius 3 is 2.15 bits per heavy atom. The fraction of sp³-hybridized carbons (Fsp3) is 0.231. The molecule has 0 bridgehead atoms. The van der Waals surface area contributed by atoms with Gasteiger partial charge in [-0.05, 0) is 0 Å². The summed E-state index contributed by atoms with van der Waals surface area (Å²) in [5, 5.41) is 2.09. The zero-order valence-electron chi connectivity index (χ0n) is 12.6. The van der Waals surface area contributed by atoms with Crippen LogP contribution in [0.1, 0.15) is 5.82 Å². The third-order valence-electron chi connectivity index (χ3n) is 2.69. The van der Waals surface area contributed by atoms with E-state index in [9.17, 15) is 31.1 Å². The topological polar surface area (TPSA) is 86.2 Å². The molecule has 2 aromatic rings. The zero-order chi connectivity index (χ0) is 19.5. The molecule has 0 aliphatic heterocycles. The number of ether oxygens (including phenoxy) is 2. The minimum absolute atomic E-state index is 0.249. The monoisotopic (exact) mass is 382 g/mol. The van der Waals surface area contributed by atoms with Crippen molar-refractivity contribution in [2.45, 2.75) is 12.5 Å². The van der Waals surface area contributed by atoms with E-state index >= 15 is 0 Å². The maximum atomic E-state index is 12.5. The largest absolute Gasteiger partial charge is 0.573 e. The number of halogens is 6.